The van der Waals surface area contributed by atoms with Crippen LogP contribution in [-0.2, 0) is 9.47 Å². The number of hydrogen-bond acceptors (Lipinski definition) is 5. The van der Waals surface area contributed by atoms with E-state index in [0.717, 1.165) is 0 Å². The number of ether oxygens (including phenoxy) is 2. The fourth-order valence-electron chi connectivity index (χ4n) is 2.61. The fourth-order valence-corrected chi connectivity index (χ4v) is 2.61. The van der Waals surface area contributed by atoms with E-state index in [1.54, 1.807) is 0 Å². The van der Waals surface area contributed by atoms with Crippen molar-refractivity contribution in [1.29, 1.82) is 0 Å². The van der Waals surface area contributed by atoms with Crippen molar-refractivity contribution in [1.82, 2.24) is 4.90 Å². The van der Waals surface area contributed by atoms with Crippen LogP contribution in [0.25, 0.3) is 0 Å². The predicted octanol–water partition coefficient (Wildman–Crippen LogP) is 2.23. The van der Waals surface area contributed by atoms with Crippen LogP contribution >= 0.6 is 0 Å². The van der Waals surface area contributed by atoms with E-state index < -0.39 is 52.5 Å². The lowest BCUT2D eigenvalue weighted by Gasteiger charge is -2.31. The van der Waals surface area contributed by atoms with Gasteiger partial charge in [-0.3, -0.25) is 4.79 Å². The van der Waals surface area contributed by atoms with Crippen LogP contribution in [0.3, 0.4) is 0 Å². The third kappa shape index (κ3) is 4.13. The SMILES string of the molecule is COC(=O)N1CCOC(CCC(=O)c2c(F)cc(C(=O)O)c(F)c2F)C1. The van der Waals surface area contributed by atoms with E-state index >= 15 is 0 Å². The number of aromatic carboxylic acids is 1. The summed E-state index contributed by atoms with van der Waals surface area (Å²) in [6.45, 7) is 0.651. The first-order valence-corrected chi connectivity index (χ1v) is 7.64. The van der Waals surface area contributed by atoms with Gasteiger partial charge in [-0.25, -0.2) is 22.8 Å². The summed E-state index contributed by atoms with van der Waals surface area (Å²) in [5, 5.41) is 8.69. The van der Waals surface area contributed by atoms with E-state index in [9.17, 15) is 27.6 Å². The number of hydrogen-bond donors (Lipinski definition) is 1. The minimum Gasteiger partial charge on any atom is -0.478 e. The van der Waals surface area contributed by atoms with Gasteiger partial charge in [0.1, 0.15) is 11.4 Å². The molecule has 0 radical (unpaired) electrons. The maximum Gasteiger partial charge on any atom is 0.409 e. The van der Waals surface area contributed by atoms with Crippen molar-refractivity contribution in [2.45, 2.75) is 18.9 Å². The van der Waals surface area contributed by atoms with Gasteiger partial charge in [-0.15, -0.1) is 0 Å². The normalized spacial score (nSPS) is 17.1. The van der Waals surface area contributed by atoms with Crippen molar-refractivity contribution in [3.05, 3.63) is 34.6 Å². The second kappa shape index (κ2) is 8.17. The smallest absolute Gasteiger partial charge is 0.409 e. The standard InChI is InChI=1S/C16H16F3NO6/c1-25-16(24)20-4-5-26-8(7-20)2-3-11(21)12-10(17)6-9(15(22)23)13(18)14(12)19/h6,8H,2-5,7H2,1H3,(H,22,23). The molecule has 1 aliphatic rings. The van der Waals surface area contributed by atoms with Crippen LogP contribution in [0.2, 0.25) is 0 Å². The molecule has 2 rings (SSSR count). The lowest BCUT2D eigenvalue weighted by Crippen LogP contribution is -2.45. The minimum atomic E-state index is -1.85. The van der Waals surface area contributed by atoms with Gasteiger partial charge in [-0.2, -0.15) is 0 Å². The highest BCUT2D eigenvalue weighted by atomic mass is 19.2. The van der Waals surface area contributed by atoms with Gasteiger partial charge in [0, 0.05) is 13.0 Å². The molecule has 1 amide bonds. The first-order chi connectivity index (χ1) is 12.3. The molecule has 10 heteroatoms. The maximum absolute atomic E-state index is 13.9. The Hall–Kier alpha value is -2.62. The van der Waals surface area contributed by atoms with E-state index in [1.807, 2.05) is 0 Å². The molecule has 1 N–H and O–H groups in total. The van der Waals surface area contributed by atoms with Gasteiger partial charge < -0.3 is 19.5 Å². The zero-order valence-corrected chi connectivity index (χ0v) is 13.8. The lowest BCUT2D eigenvalue weighted by atomic mass is 10.0. The van der Waals surface area contributed by atoms with Gasteiger partial charge in [0.2, 0.25) is 0 Å². The summed E-state index contributed by atoms with van der Waals surface area (Å²) in [5.41, 5.74) is -2.32. The first kappa shape index (κ1) is 19.7. The molecule has 1 heterocycles. The Morgan fingerprint density at radius 1 is 1.31 bits per heavy atom. The number of morpholine rings is 1. The molecule has 1 fully saturated rings. The molecule has 1 aromatic rings. The number of carbonyl (C=O) groups is 3. The molecule has 0 aliphatic carbocycles. The van der Waals surface area contributed by atoms with Crippen molar-refractivity contribution in [3.63, 3.8) is 0 Å². The molecule has 1 aromatic carbocycles. The van der Waals surface area contributed by atoms with Gasteiger partial charge >= 0.3 is 12.1 Å². The number of carbonyl (C=O) groups excluding carboxylic acids is 2. The Bertz CT molecular complexity index is 739. The van der Waals surface area contributed by atoms with Gasteiger partial charge in [-0.1, -0.05) is 0 Å². The highest BCUT2D eigenvalue weighted by Crippen LogP contribution is 2.23. The summed E-state index contributed by atoms with van der Waals surface area (Å²) in [7, 11) is 1.22. The Morgan fingerprint density at radius 3 is 2.62 bits per heavy atom. The van der Waals surface area contributed by atoms with Crippen LogP contribution in [0.4, 0.5) is 18.0 Å². The Kier molecular flexibility index (Phi) is 6.19. The molecule has 0 aromatic heterocycles. The zero-order chi connectivity index (χ0) is 19.4. The van der Waals surface area contributed by atoms with Crippen LogP contribution in [-0.4, -0.2) is 60.8 Å². The fraction of sp³-hybridized carbons (Fsp3) is 0.438. The van der Waals surface area contributed by atoms with Crippen LogP contribution in [0.1, 0.15) is 33.6 Å². The van der Waals surface area contributed by atoms with E-state index in [4.69, 9.17) is 9.84 Å². The van der Waals surface area contributed by atoms with Gasteiger partial charge in [0.15, 0.2) is 17.4 Å². The van der Waals surface area contributed by atoms with Crippen molar-refractivity contribution >= 4 is 17.8 Å². The third-order valence-electron chi connectivity index (χ3n) is 3.93. The van der Waals surface area contributed by atoms with E-state index in [2.05, 4.69) is 4.74 Å². The second-order valence-corrected chi connectivity index (χ2v) is 5.58. The van der Waals surface area contributed by atoms with Crippen molar-refractivity contribution in [2.24, 2.45) is 0 Å². The average Bonchev–Trinajstić information content (AvgIpc) is 2.62. The van der Waals surface area contributed by atoms with Gasteiger partial charge in [-0.05, 0) is 12.5 Å². The topological polar surface area (TPSA) is 93.1 Å². The molecule has 0 spiro atoms. The quantitative estimate of drug-likeness (QED) is 0.627. The number of benzene rings is 1. The molecule has 1 saturated heterocycles. The van der Waals surface area contributed by atoms with Gasteiger partial charge in [0.05, 0.1) is 31.9 Å². The number of methoxy groups -OCH3 is 1. The average molecular weight is 375 g/mol. The van der Waals surface area contributed by atoms with Crippen LogP contribution in [0.5, 0.6) is 0 Å². The predicted molar refractivity (Wildman–Crippen MR) is 80.6 cm³/mol. The summed E-state index contributed by atoms with van der Waals surface area (Å²) in [6, 6.07) is 0.268. The monoisotopic (exact) mass is 375 g/mol. The van der Waals surface area contributed by atoms with Crippen molar-refractivity contribution in [2.75, 3.05) is 26.8 Å². The highest BCUT2D eigenvalue weighted by molar-refractivity contribution is 5.98. The molecule has 1 atom stereocenters. The molecular formula is C16H16F3NO6. The van der Waals surface area contributed by atoms with E-state index in [0.29, 0.717) is 6.54 Å². The summed E-state index contributed by atoms with van der Waals surface area (Å²) in [4.78, 5) is 35.7. The lowest BCUT2D eigenvalue weighted by molar-refractivity contribution is -0.0278. The molecular weight excluding hydrogens is 359 g/mol. The van der Waals surface area contributed by atoms with Crippen LogP contribution in [0, 0.1) is 17.5 Å². The second-order valence-electron chi connectivity index (χ2n) is 5.58. The number of amides is 1. The summed E-state index contributed by atoms with van der Waals surface area (Å²) >= 11 is 0. The Morgan fingerprint density at radius 2 is 2.00 bits per heavy atom. The van der Waals surface area contributed by atoms with Crippen LogP contribution in [0.15, 0.2) is 6.07 Å². The summed E-state index contributed by atoms with van der Waals surface area (Å²) in [6.07, 6.45) is -1.46. The number of carboxylic acids is 1. The summed E-state index contributed by atoms with van der Waals surface area (Å²) < 4.78 is 51.4. The highest BCUT2D eigenvalue weighted by Gasteiger charge is 2.29. The molecule has 0 saturated carbocycles. The largest absolute Gasteiger partial charge is 0.478 e. The van der Waals surface area contributed by atoms with Crippen molar-refractivity contribution in [3.8, 4) is 0 Å². The zero-order valence-electron chi connectivity index (χ0n) is 13.8. The number of carboxylic acid groups (broad SMARTS) is 1. The number of Topliss-reactive ketones (excluding diaryl/α,β-unsaturated/α-hetero) is 1. The van der Waals surface area contributed by atoms with E-state index in [-0.39, 0.29) is 32.1 Å². The molecule has 26 heavy (non-hydrogen) atoms. The third-order valence-corrected chi connectivity index (χ3v) is 3.93. The Labute approximate surface area is 146 Å². The molecule has 142 valence electrons. The summed E-state index contributed by atoms with van der Waals surface area (Å²) in [5.74, 6) is -7.97. The maximum atomic E-state index is 13.9. The number of rotatable bonds is 5. The first-order valence-electron chi connectivity index (χ1n) is 7.64. The minimum absolute atomic E-state index is 0.0352. The molecule has 7 nitrogen and oxygen atoms in total. The molecule has 0 bridgehead atoms. The van der Waals surface area contributed by atoms with Gasteiger partial charge in [0.25, 0.3) is 0 Å². The Balaban J connectivity index is 2.08. The van der Waals surface area contributed by atoms with E-state index in [1.165, 1.54) is 12.0 Å². The van der Waals surface area contributed by atoms with Crippen LogP contribution < -0.4 is 0 Å². The number of nitrogens with zero attached hydrogens (tertiary/aromatic N) is 1. The number of ketones is 1. The van der Waals surface area contributed by atoms with Crippen molar-refractivity contribution < 1.29 is 42.1 Å². The molecule has 1 unspecified atom stereocenters. The number of halogens is 3. The molecule has 1 aliphatic heterocycles.